The zero-order valence-electron chi connectivity index (χ0n) is 18.8. The summed E-state index contributed by atoms with van der Waals surface area (Å²) >= 11 is 0. The second-order valence-electron chi connectivity index (χ2n) is 10.2. The van der Waals surface area contributed by atoms with Gasteiger partial charge in [-0.05, 0) is 37.2 Å². The molecule has 0 aliphatic carbocycles. The fourth-order valence-electron chi connectivity index (χ4n) is 6.38. The molecule has 0 saturated carbocycles. The highest BCUT2D eigenvalue weighted by atomic mass is 19.2. The van der Waals surface area contributed by atoms with E-state index in [2.05, 4.69) is 92.0 Å². The maximum Gasteiger partial charge on any atom is 0.178 e. The predicted molar refractivity (Wildman–Crippen MR) is 130 cm³/mol. The summed E-state index contributed by atoms with van der Waals surface area (Å²) in [6, 6.07) is 30.5. The Kier molecular flexibility index (Phi) is 4.60. The van der Waals surface area contributed by atoms with Crippen molar-refractivity contribution < 1.29 is 13.7 Å². The summed E-state index contributed by atoms with van der Waals surface area (Å²) in [6.45, 7) is 3.10. The highest BCUT2D eigenvalue weighted by molar-refractivity contribution is 5.86. The molecule has 32 heavy (non-hydrogen) atoms. The second-order valence-corrected chi connectivity index (χ2v) is 10.2. The Morgan fingerprint density at radius 3 is 1.81 bits per heavy atom. The fourth-order valence-corrected chi connectivity index (χ4v) is 6.38. The Hall–Kier alpha value is -2.75. The van der Waals surface area contributed by atoms with Crippen molar-refractivity contribution in [1.29, 1.82) is 0 Å². The smallest absolute Gasteiger partial charge is 0.178 e. The van der Waals surface area contributed by atoms with Crippen molar-refractivity contribution in [3.8, 4) is 0 Å². The average Bonchev–Trinajstić information content (AvgIpc) is 2.81. The minimum absolute atomic E-state index is 0.0309. The van der Waals surface area contributed by atoms with Crippen LogP contribution >= 0.6 is 0 Å². The van der Waals surface area contributed by atoms with Gasteiger partial charge in [-0.15, -0.1) is 4.71 Å². The van der Waals surface area contributed by atoms with Crippen LogP contribution in [0.4, 0.5) is 4.48 Å². The van der Waals surface area contributed by atoms with Gasteiger partial charge in [-0.3, -0.25) is 0 Å². The van der Waals surface area contributed by atoms with Crippen molar-refractivity contribution in [2.24, 2.45) is 0 Å². The lowest BCUT2D eigenvalue weighted by Gasteiger charge is -2.56. The van der Waals surface area contributed by atoms with Crippen molar-refractivity contribution in [3.05, 3.63) is 96.1 Å². The number of halogens is 1. The molecule has 4 aromatic rings. The average molecular weight is 427 g/mol. The Labute approximate surface area is 189 Å². The minimum Gasteiger partial charge on any atom is -0.309 e. The standard InChI is InChI=1S/C29H31FN2/c1-31-16-17-32(30,21-26(31)18-24-12-6-10-22-8-2-4-14-28(22)24)27(20-31)19-25-13-7-11-23-9-3-5-15-29(23)25/h2-15,26-27H,16-21H2,1H3/q+2. The van der Waals surface area contributed by atoms with Crippen molar-refractivity contribution in [3.63, 3.8) is 0 Å². The van der Waals surface area contributed by atoms with Crippen LogP contribution in [-0.2, 0) is 12.8 Å². The molecule has 3 aliphatic rings. The largest absolute Gasteiger partial charge is 0.309 e. The zero-order chi connectivity index (χ0) is 21.8. The fraction of sp³-hybridized carbons (Fsp3) is 0.310. The van der Waals surface area contributed by atoms with Crippen LogP contribution in [0.25, 0.3) is 21.5 Å². The number of likely N-dealkylation sites (N-methyl/N-ethyl adjacent to an activating group) is 1. The van der Waals surface area contributed by atoms with Gasteiger partial charge in [0.2, 0.25) is 0 Å². The first kappa shape index (κ1) is 19.9. The number of piperazine rings is 3. The molecule has 0 N–H and O–H groups in total. The SMILES string of the molecule is C[N+]12CC[N+](F)(CC1Cc1cccc3ccccc13)C(Cc1cccc3ccccc13)C2. The van der Waals surface area contributed by atoms with Crippen LogP contribution in [0.5, 0.6) is 0 Å². The topological polar surface area (TPSA) is 0 Å². The van der Waals surface area contributed by atoms with Crippen LogP contribution in [0.2, 0.25) is 0 Å². The molecule has 3 heterocycles. The van der Waals surface area contributed by atoms with Gasteiger partial charge < -0.3 is 4.48 Å². The first-order valence-electron chi connectivity index (χ1n) is 11.9. The molecular formula is C29H31FN2+2. The predicted octanol–water partition coefficient (Wildman–Crippen LogP) is 5.69. The van der Waals surface area contributed by atoms with E-state index in [-0.39, 0.29) is 10.7 Å². The lowest BCUT2D eigenvalue weighted by atomic mass is 9.88. The number of quaternary nitrogens is 2. The molecule has 3 aliphatic heterocycles. The van der Waals surface area contributed by atoms with Gasteiger partial charge in [-0.1, -0.05) is 84.9 Å². The van der Waals surface area contributed by atoms with Gasteiger partial charge in [0, 0.05) is 12.8 Å². The third-order valence-electron chi connectivity index (χ3n) is 8.33. The first-order valence-corrected chi connectivity index (χ1v) is 11.9. The summed E-state index contributed by atoms with van der Waals surface area (Å²) in [4.78, 5) is 0. The maximum absolute atomic E-state index is 16.5. The Balaban J connectivity index is 1.29. The Morgan fingerprint density at radius 2 is 1.19 bits per heavy atom. The van der Waals surface area contributed by atoms with Crippen molar-refractivity contribution in [2.75, 3.05) is 33.2 Å². The summed E-state index contributed by atoms with van der Waals surface area (Å²) in [5.74, 6) is 0. The third-order valence-corrected chi connectivity index (χ3v) is 8.33. The van der Waals surface area contributed by atoms with E-state index >= 15 is 4.48 Å². The van der Waals surface area contributed by atoms with E-state index in [9.17, 15) is 0 Å². The number of nitrogens with zero attached hydrogens (tertiary/aromatic N) is 2. The minimum atomic E-state index is -0.271. The number of rotatable bonds is 4. The molecule has 2 bridgehead atoms. The second kappa shape index (κ2) is 7.40. The first-order chi connectivity index (χ1) is 15.5. The highest BCUT2D eigenvalue weighted by Gasteiger charge is 2.60. The van der Waals surface area contributed by atoms with Crippen LogP contribution in [0.1, 0.15) is 11.1 Å². The molecule has 7 rings (SSSR count). The molecule has 3 saturated heterocycles. The van der Waals surface area contributed by atoms with Crippen LogP contribution in [0.3, 0.4) is 0 Å². The molecule has 4 unspecified atom stereocenters. The molecule has 2 nitrogen and oxygen atoms in total. The molecule has 0 amide bonds. The van der Waals surface area contributed by atoms with E-state index in [1.165, 1.54) is 32.7 Å². The molecule has 4 atom stereocenters. The monoisotopic (exact) mass is 426 g/mol. The van der Waals surface area contributed by atoms with Crippen molar-refractivity contribution >= 4 is 21.5 Å². The van der Waals surface area contributed by atoms with Gasteiger partial charge in [0.1, 0.15) is 19.1 Å². The number of hydrogen-bond donors (Lipinski definition) is 0. The van der Waals surface area contributed by atoms with Gasteiger partial charge >= 0.3 is 0 Å². The van der Waals surface area contributed by atoms with Crippen LogP contribution in [-0.4, -0.2) is 54.5 Å². The van der Waals surface area contributed by atoms with E-state index in [1.54, 1.807) is 0 Å². The van der Waals surface area contributed by atoms with Crippen LogP contribution in [0, 0.1) is 0 Å². The molecule has 3 heteroatoms. The zero-order valence-corrected chi connectivity index (χ0v) is 18.8. The van der Waals surface area contributed by atoms with E-state index < -0.39 is 0 Å². The lowest BCUT2D eigenvalue weighted by molar-refractivity contribution is -1.17. The van der Waals surface area contributed by atoms with Crippen LogP contribution < -0.4 is 0 Å². The van der Waals surface area contributed by atoms with E-state index in [0.717, 1.165) is 30.4 Å². The summed E-state index contributed by atoms with van der Waals surface area (Å²) in [7, 11) is 2.37. The van der Waals surface area contributed by atoms with Crippen molar-refractivity contribution in [1.82, 2.24) is 0 Å². The molecule has 0 radical (unpaired) electrons. The quantitative estimate of drug-likeness (QED) is 0.290. The van der Waals surface area contributed by atoms with Gasteiger partial charge in [0.15, 0.2) is 19.1 Å². The van der Waals surface area contributed by atoms with Crippen LogP contribution in [0.15, 0.2) is 84.9 Å². The Morgan fingerprint density at radius 1 is 0.656 bits per heavy atom. The highest BCUT2D eigenvalue weighted by Crippen LogP contribution is 2.39. The number of hydrogen-bond acceptors (Lipinski definition) is 0. The lowest BCUT2D eigenvalue weighted by Crippen LogP contribution is -2.79. The van der Waals surface area contributed by atoms with E-state index in [1.807, 2.05) is 0 Å². The molecule has 4 aromatic carbocycles. The van der Waals surface area contributed by atoms with E-state index in [0.29, 0.717) is 19.1 Å². The molecule has 162 valence electrons. The maximum atomic E-state index is 16.5. The van der Waals surface area contributed by atoms with Gasteiger partial charge in [0.25, 0.3) is 0 Å². The van der Waals surface area contributed by atoms with Gasteiger partial charge in [0.05, 0.1) is 7.05 Å². The summed E-state index contributed by atoms with van der Waals surface area (Å²) < 4.78 is 17.2. The van der Waals surface area contributed by atoms with Gasteiger partial charge in [-0.25, -0.2) is 0 Å². The summed E-state index contributed by atoms with van der Waals surface area (Å²) in [6.07, 6.45) is 1.76. The normalized spacial score (nSPS) is 29.6. The summed E-state index contributed by atoms with van der Waals surface area (Å²) in [5.41, 5.74) is 2.65. The van der Waals surface area contributed by atoms with E-state index in [4.69, 9.17) is 0 Å². The third kappa shape index (κ3) is 3.23. The Bertz CT molecular complexity index is 1190. The number of fused-ring (bicyclic) bond motifs is 5. The molecule has 0 spiro atoms. The number of benzene rings is 4. The molecular weight excluding hydrogens is 395 g/mol. The molecule has 0 aromatic heterocycles. The van der Waals surface area contributed by atoms with Gasteiger partial charge in [-0.2, -0.15) is 0 Å². The molecule has 3 fully saturated rings. The van der Waals surface area contributed by atoms with Crippen molar-refractivity contribution in [2.45, 2.75) is 24.9 Å². The summed E-state index contributed by atoms with van der Waals surface area (Å²) in [5, 5.41) is 5.12.